The van der Waals surface area contributed by atoms with E-state index >= 15 is 0 Å². The molecule has 0 aliphatic rings. The fourth-order valence-electron chi connectivity index (χ4n) is 2.12. The molecule has 0 amide bonds. The van der Waals surface area contributed by atoms with Crippen molar-refractivity contribution in [1.29, 1.82) is 0 Å². The third kappa shape index (κ3) is 3.00. The second-order valence-electron chi connectivity index (χ2n) is 5.43. The molecule has 3 rings (SSSR count). The van der Waals surface area contributed by atoms with Crippen molar-refractivity contribution in [2.24, 2.45) is 0 Å². The van der Waals surface area contributed by atoms with E-state index in [1.807, 2.05) is 24.3 Å². The maximum absolute atomic E-state index is 11.4. The van der Waals surface area contributed by atoms with Crippen molar-refractivity contribution in [3.63, 3.8) is 0 Å². The van der Waals surface area contributed by atoms with Gasteiger partial charge in [0, 0.05) is 17.1 Å². The highest BCUT2D eigenvalue weighted by atomic mass is 32.2. The Hall–Kier alpha value is -2.54. The third-order valence-corrected chi connectivity index (χ3v) is 4.56. The van der Waals surface area contributed by atoms with Gasteiger partial charge in [-0.25, -0.2) is 9.97 Å². The second kappa shape index (κ2) is 5.92. The average molecular weight is 326 g/mol. The van der Waals surface area contributed by atoms with E-state index in [2.05, 4.69) is 20.2 Å². The Labute approximate surface area is 137 Å². The average Bonchev–Trinajstić information content (AvgIpc) is 2.54. The highest BCUT2D eigenvalue weighted by Gasteiger charge is 2.30. The number of hydrogen-bond acceptors (Lipinski definition) is 6. The van der Waals surface area contributed by atoms with E-state index in [1.54, 1.807) is 26.2 Å². The number of nitrogens with zero attached hydrogens (tertiary/aromatic N) is 4. The molecule has 1 N–H and O–H groups in total. The lowest BCUT2D eigenvalue weighted by Crippen LogP contribution is -2.27. The largest absolute Gasteiger partial charge is 0.480 e. The van der Waals surface area contributed by atoms with E-state index in [0.717, 1.165) is 16.5 Å². The van der Waals surface area contributed by atoms with E-state index in [9.17, 15) is 9.90 Å². The van der Waals surface area contributed by atoms with Crippen LogP contribution in [0.2, 0.25) is 0 Å². The number of carbonyl (C=O) groups is 1. The first-order chi connectivity index (χ1) is 11.0. The van der Waals surface area contributed by atoms with Gasteiger partial charge < -0.3 is 5.11 Å². The van der Waals surface area contributed by atoms with E-state index in [1.165, 1.54) is 18.1 Å². The highest BCUT2D eigenvalue weighted by molar-refractivity contribution is 8.01. The molecule has 3 aromatic rings. The van der Waals surface area contributed by atoms with E-state index < -0.39 is 10.7 Å². The van der Waals surface area contributed by atoms with Crippen molar-refractivity contribution in [2.75, 3.05) is 0 Å². The SMILES string of the molecule is CC(C)(Sc1cncnc1-c1cccc2ccnnc12)C(=O)O. The zero-order valence-electron chi connectivity index (χ0n) is 12.6. The molecule has 1 aromatic carbocycles. The number of carboxylic acid groups (broad SMARTS) is 1. The minimum Gasteiger partial charge on any atom is -0.480 e. The van der Waals surface area contributed by atoms with Gasteiger partial charge in [-0.2, -0.15) is 5.10 Å². The minimum atomic E-state index is -0.990. The molecule has 0 saturated carbocycles. The molecule has 0 aliphatic carbocycles. The molecule has 0 bridgehead atoms. The Morgan fingerprint density at radius 1 is 1.26 bits per heavy atom. The molecular weight excluding hydrogens is 312 g/mol. The van der Waals surface area contributed by atoms with Gasteiger partial charge in [-0.05, 0) is 19.9 Å². The summed E-state index contributed by atoms with van der Waals surface area (Å²) in [4.78, 5) is 20.5. The number of fused-ring (bicyclic) bond motifs is 1. The van der Waals surface area contributed by atoms with Gasteiger partial charge in [-0.3, -0.25) is 4.79 Å². The standard InChI is InChI=1S/C16H14N4O2S/c1-16(2,15(21)22)23-12-8-17-9-18-14(12)11-5-3-4-10-6-7-19-20-13(10)11/h3-9H,1-2H3,(H,21,22). The summed E-state index contributed by atoms with van der Waals surface area (Å²) in [5.74, 6) is -0.894. The summed E-state index contributed by atoms with van der Waals surface area (Å²) in [5, 5.41) is 18.4. The summed E-state index contributed by atoms with van der Waals surface area (Å²) >= 11 is 1.21. The summed E-state index contributed by atoms with van der Waals surface area (Å²) in [7, 11) is 0. The molecule has 0 saturated heterocycles. The van der Waals surface area contributed by atoms with Gasteiger partial charge in [-0.1, -0.05) is 18.2 Å². The van der Waals surface area contributed by atoms with Crippen LogP contribution < -0.4 is 0 Å². The lowest BCUT2D eigenvalue weighted by Gasteiger charge is -2.19. The molecule has 23 heavy (non-hydrogen) atoms. The number of carboxylic acids is 1. The number of aliphatic carboxylic acids is 1. The van der Waals surface area contributed by atoms with Crippen molar-refractivity contribution in [3.05, 3.63) is 43.0 Å². The van der Waals surface area contributed by atoms with Gasteiger partial charge in [0.1, 0.15) is 16.6 Å². The number of aromatic nitrogens is 4. The van der Waals surface area contributed by atoms with Crippen LogP contribution in [0.5, 0.6) is 0 Å². The van der Waals surface area contributed by atoms with Gasteiger partial charge in [0.2, 0.25) is 0 Å². The van der Waals surface area contributed by atoms with Crippen molar-refractivity contribution in [2.45, 2.75) is 23.5 Å². The lowest BCUT2D eigenvalue weighted by molar-refractivity contribution is -0.138. The van der Waals surface area contributed by atoms with Gasteiger partial charge in [0.15, 0.2) is 0 Å². The van der Waals surface area contributed by atoms with Crippen molar-refractivity contribution in [1.82, 2.24) is 20.2 Å². The molecule has 0 fully saturated rings. The van der Waals surface area contributed by atoms with Crippen LogP contribution in [0.15, 0.2) is 47.9 Å². The van der Waals surface area contributed by atoms with E-state index in [0.29, 0.717) is 10.6 Å². The summed E-state index contributed by atoms with van der Waals surface area (Å²) in [5.41, 5.74) is 2.19. The molecule has 0 spiro atoms. The lowest BCUT2D eigenvalue weighted by atomic mass is 10.1. The number of thioether (sulfide) groups is 1. The predicted molar refractivity (Wildman–Crippen MR) is 88.1 cm³/mol. The number of rotatable bonds is 4. The fraction of sp³-hybridized carbons (Fsp3) is 0.188. The molecule has 0 aliphatic heterocycles. The fourth-order valence-corrected chi connectivity index (χ4v) is 3.13. The summed E-state index contributed by atoms with van der Waals surface area (Å²) in [6.07, 6.45) is 4.71. The van der Waals surface area contributed by atoms with Crippen LogP contribution in [0, 0.1) is 0 Å². The van der Waals surface area contributed by atoms with Gasteiger partial charge in [-0.15, -0.1) is 16.9 Å². The van der Waals surface area contributed by atoms with E-state index in [4.69, 9.17) is 0 Å². The molecule has 0 atom stereocenters. The Bertz CT molecular complexity index is 877. The van der Waals surface area contributed by atoms with Gasteiger partial charge in [0.05, 0.1) is 16.8 Å². The van der Waals surface area contributed by atoms with Crippen LogP contribution in [0.3, 0.4) is 0 Å². The maximum atomic E-state index is 11.4. The molecular formula is C16H14N4O2S. The molecule has 2 heterocycles. The first-order valence-electron chi connectivity index (χ1n) is 6.92. The smallest absolute Gasteiger partial charge is 0.319 e. The van der Waals surface area contributed by atoms with Gasteiger partial charge >= 0.3 is 5.97 Å². The first-order valence-corrected chi connectivity index (χ1v) is 7.74. The minimum absolute atomic E-state index is 0.658. The van der Waals surface area contributed by atoms with Crippen LogP contribution in [0.4, 0.5) is 0 Å². The first kappa shape index (κ1) is 15.4. The molecule has 7 heteroatoms. The van der Waals surface area contributed by atoms with Crippen molar-refractivity contribution >= 4 is 28.6 Å². The van der Waals surface area contributed by atoms with Crippen molar-refractivity contribution in [3.8, 4) is 11.3 Å². The Morgan fingerprint density at radius 2 is 2.09 bits per heavy atom. The molecule has 0 radical (unpaired) electrons. The van der Waals surface area contributed by atoms with Crippen LogP contribution in [-0.4, -0.2) is 36.0 Å². The Balaban J connectivity index is 2.15. The normalized spacial score (nSPS) is 11.6. The monoisotopic (exact) mass is 326 g/mol. The third-order valence-electron chi connectivity index (χ3n) is 3.36. The highest BCUT2D eigenvalue weighted by Crippen LogP contribution is 2.38. The topological polar surface area (TPSA) is 88.9 Å². The van der Waals surface area contributed by atoms with Crippen LogP contribution in [0.1, 0.15) is 13.8 Å². The molecule has 6 nitrogen and oxygen atoms in total. The zero-order chi connectivity index (χ0) is 16.4. The summed E-state index contributed by atoms with van der Waals surface area (Å²) in [6.45, 7) is 3.30. The second-order valence-corrected chi connectivity index (χ2v) is 7.09. The number of benzene rings is 1. The van der Waals surface area contributed by atoms with Crippen LogP contribution in [0.25, 0.3) is 22.2 Å². The van der Waals surface area contributed by atoms with Crippen molar-refractivity contribution < 1.29 is 9.90 Å². The summed E-state index contributed by atoms with van der Waals surface area (Å²) in [6, 6.07) is 7.64. The number of hydrogen-bond donors (Lipinski definition) is 1. The Morgan fingerprint density at radius 3 is 2.87 bits per heavy atom. The quantitative estimate of drug-likeness (QED) is 0.737. The molecule has 2 aromatic heterocycles. The predicted octanol–water partition coefficient (Wildman–Crippen LogP) is 3.04. The summed E-state index contributed by atoms with van der Waals surface area (Å²) < 4.78 is -0.990. The maximum Gasteiger partial charge on any atom is 0.319 e. The molecule has 0 unspecified atom stereocenters. The van der Waals surface area contributed by atoms with Crippen LogP contribution in [-0.2, 0) is 4.79 Å². The Kier molecular flexibility index (Phi) is 3.96. The van der Waals surface area contributed by atoms with Gasteiger partial charge in [0.25, 0.3) is 0 Å². The zero-order valence-corrected chi connectivity index (χ0v) is 13.4. The van der Waals surface area contributed by atoms with E-state index in [-0.39, 0.29) is 0 Å². The molecule has 116 valence electrons. The van der Waals surface area contributed by atoms with Crippen LogP contribution >= 0.6 is 11.8 Å².